The lowest BCUT2D eigenvalue weighted by Gasteiger charge is -1.99. The van der Waals surface area contributed by atoms with Crippen LogP contribution in [0.2, 0.25) is 0 Å². The van der Waals surface area contributed by atoms with Crippen molar-refractivity contribution in [2.45, 2.75) is 25.9 Å². The molecule has 2 aromatic carbocycles. The van der Waals surface area contributed by atoms with Crippen LogP contribution in [-0.2, 0) is 25.9 Å². The highest BCUT2D eigenvalue weighted by atomic mass is 35.5. The van der Waals surface area contributed by atoms with Gasteiger partial charge in [-0.2, -0.15) is 0 Å². The molecule has 5 aromatic rings. The number of halogens is 2. The number of hydrogen-bond acceptors (Lipinski definition) is 7. The van der Waals surface area contributed by atoms with Gasteiger partial charge in [-0.15, -0.1) is 42.3 Å². The van der Waals surface area contributed by atoms with Crippen molar-refractivity contribution in [2.24, 2.45) is 5.11 Å². The van der Waals surface area contributed by atoms with Gasteiger partial charge in [-0.1, -0.05) is 71.0 Å². The van der Waals surface area contributed by atoms with E-state index < -0.39 is 0 Å². The second-order valence-corrected chi connectivity index (χ2v) is 7.91. The van der Waals surface area contributed by atoms with Gasteiger partial charge in [0.2, 0.25) is 0 Å². The van der Waals surface area contributed by atoms with Crippen LogP contribution in [0.25, 0.3) is 10.4 Å². The van der Waals surface area contributed by atoms with Crippen LogP contribution in [-0.4, -0.2) is 34.9 Å². The standard InChI is InChI=1S/C13H14N6.C7H7N3.C6H7N3.2ClH/c14-13-15-7-11(16-13)6-12-9-19(18-17-12)8-10-4-2-1-3-5-10;8-10-9-6-7-4-2-1-3-5-7;1-2-3-5-4-8-6(7)9-5;;/h1-5,7,9H,6,8H2,(H3,14,15,16);1-5H,6H2;1,4H,3H2,(H3,7,8,9);2*1H. The van der Waals surface area contributed by atoms with Crippen molar-refractivity contribution in [2.75, 3.05) is 11.5 Å². The Balaban J connectivity index is 0.000000325. The Hall–Kier alpha value is -4.95. The molecular weight excluding hydrogens is 551 g/mol. The third-order valence-corrected chi connectivity index (χ3v) is 4.89. The summed E-state index contributed by atoms with van der Waals surface area (Å²) in [6, 6.07) is 19.8. The first-order chi connectivity index (χ1) is 18.6. The second-order valence-electron chi connectivity index (χ2n) is 7.91. The summed E-state index contributed by atoms with van der Waals surface area (Å²) in [6.45, 7) is 1.16. The highest BCUT2D eigenvalue weighted by Crippen LogP contribution is 2.07. The van der Waals surface area contributed by atoms with Crippen LogP contribution in [0.5, 0.6) is 0 Å². The lowest BCUT2D eigenvalue weighted by atomic mass is 10.2. The molecule has 0 saturated carbocycles. The summed E-state index contributed by atoms with van der Waals surface area (Å²) in [7, 11) is 0. The van der Waals surface area contributed by atoms with Crippen LogP contribution >= 0.6 is 24.8 Å². The first kappa shape index (κ1) is 33.1. The van der Waals surface area contributed by atoms with E-state index in [2.05, 4.69) is 58.3 Å². The summed E-state index contributed by atoms with van der Waals surface area (Å²) < 4.78 is 1.82. The minimum Gasteiger partial charge on any atom is -0.369 e. The molecule has 40 heavy (non-hydrogen) atoms. The maximum absolute atomic E-state index is 7.99. The van der Waals surface area contributed by atoms with Crippen molar-refractivity contribution in [3.05, 3.63) is 118 Å². The van der Waals surface area contributed by atoms with Crippen LogP contribution in [0.3, 0.4) is 0 Å². The number of nitrogens with two attached hydrogens (primary N) is 2. The number of anilines is 2. The van der Waals surface area contributed by atoms with Crippen LogP contribution in [0, 0.1) is 12.3 Å². The van der Waals surface area contributed by atoms with E-state index in [4.69, 9.17) is 23.4 Å². The van der Waals surface area contributed by atoms with Crippen molar-refractivity contribution in [1.29, 1.82) is 0 Å². The van der Waals surface area contributed by atoms with Crippen LogP contribution < -0.4 is 11.5 Å². The number of terminal acetylenes is 1. The molecule has 0 unspecified atom stereocenters. The molecular formula is C26H30Cl2N12. The summed E-state index contributed by atoms with van der Waals surface area (Å²) in [5, 5.41) is 11.7. The monoisotopic (exact) mass is 580 g/mol. The van der Waals surface area contributed by atoms with Crippen molar-refractivity contribution in [1.82, 2.24) is 34.9 Å². The average molecular weight is 582 g/mol. The Kier molecular flexibility index (Phi) is 15.2. The minimum absolute atomic E-state index is 0. The van der Waals surface area contributed by atoms with E-state index >= 15 is 0 Å². The fourth-order valence-corrected chi connectivity index (χ4v) is 3.20. The number of H-pyrrole nitrogens is 2. The quantitative estimate of drug-likeness (QED) is 0.0930. The molecule has 0 aliphatic rings. The molecule has 0 bridgehead atoms. The van der Waals surface area contributed by atoms with E-state index in [0.29, 0.717) is 31.3 Å². The van der Waals surface area contributed by atoms with Gasteiger partial charge in [0.15, 0.2) is 11.9 Å². The fraction of sp³-hybridized carbons (Fsp3) is 0.154. The number of hydrogen-bond donors (Lipinski definition) is 4. The largest absolute Gasteiger partial charge is 0.369 e. The van der Waals surface area contributed by atoms with E-state index in [1.807, 2.05) is 59.4 Å². The van der Waals surface area contributed by atoms with Crippen molar-refractivity contribution >= 4 is 36.7 Å². The zero-order valence-electron chi connectivity index (χ0n) is 21.5. The second kappa shape index (κ2) is 18.3. The number of rotatable bonds is 7. The number of nitrogen functional groups attached to an aromatic ring is 2. The van der Waals surface area contributed by atoms with E-state index in [-0.39, 0.29) is 24.8 Å². The molecule has 3 aromatic heterocycles. The zero-order chi connectivity index (χ0) is 27.0. The average Bonchev–Trinajstić information content (AvgIpc) is 3.67. The van der Waals surface area contributed by atoms with Gasteiger partial charge in [0.1, 0.15) is 0 Å². The molecule has 0 radical (unpaired) electrons. The zero-order valence-corrected chi connectivity index (χ0v) is 23.1. The van der Waals surface area contributed by atoms with Gasteiger partial charge in [-0.25, -0.2) is 14.6 Å². The molecule has 0 spiro atoms. The summed E-state index contributed by atoms with van der Waals surface area (Å²) in [5.74, 6) is 3.31. The topological polar surface area (TPSA) is 189 Å². The van der Waals surface area contributed by atoms with E-state index in [0.717, 1.165) is 29.2 Å². The van der Waals surface area contributed by atoms with Crippen molar-refractivity contribution in [3.8, 4) is 12.3 Å². The number of benzene rings is 2. The smallest absolute Gasteiger partial charge is 0.197 e. The first-order valence-electron chi connectivity index (χ1n) is 11.6. The molecule has 6 N–H and O–H groups in total. The molecule has 3 heterocycles. The van der Waals surface area contributed by atoms with Gasteiger partial charge in [0.25, 0.3) is 0 Å². The molecule has 0 aliphatic heterocycles. The normalized spacial score (nSPS) is 9.18. The third kappa shape index (κ3) is 12.1. The fourth-order valence-electron chi connectivity index (χ4n) is 3.20. The highest BCUT2D eigenvalue weighted by molar-refractivity contribution is 5.85. The molecule has 208 valence electrons. The minimum atomic E-state index is 0. The van der Waals surface area contributed by atoms with Crippen LogP contribution in [0.1, 0.15) is 28.2 Å². The predicted octanol–water partition coefficient (Wildman–Crippen LogP) is 4.73. The van der Waals surface area contributed by atoms with Gasteiger partial charge >= 0.3 is 0 Å². The Labute approximate surface area is 244 Å². The highest BCUT2D eigenvalue weighted by Gasteiger charge is 2.05. The van der Waals surface area contributed by atoms with Gasteiger partial charge in [-0.3, -0.25) is 0 Å². The molecule has 0 amide bonds. The molecule has 0 fully saturated rings. The van der Waals surface area contributed by atoms with Gasteiger partial charge < -0.3 is 21.4 Å². The van der Waals surface area contributed by atoms with Crippen molar-refractivity contribution in [3.63, 3.8) is 0 Å². The van der Waals surface area contributed by atoms with Gasteiger partial charge in [0.05, 0.1) is 37.6 Å². The summed E-state index contributed by atoms with van der Waals surface area (Å²) in [4.78, 5) is 16.1. The van der Waals surface area contributed by atoms with E-state index in [1.54, 1.807) is 12.4 Å². The van der Waals surface area contributed by atoms with Crippen LogP contribution in [0.15, 0.2) is 84.4 Å². The number of nitrogens with one attached hydrogen (secondary N) is 2. The maximum Gasteiger partial charge on any atom is 0.197 e. The summed E-state index contributed by atoms with van der Waals surface area (Å²) in [5.41, 5.74) is 23.7. The van der Waals surface area contributed by atoms with Crippen LogP contribution in [0.4, 0.5) is 11.9 Å². The number of azide groups is 1. The Bertz CT molecular complexity index is 1470. The summed E-state index contributed by atoms with van der Waals surface area (Å²) in [6.07, 6.45) is 11.5. The molecule has 0 saturated heterocycles. The summed E-state index contributed by atoms with van der Waals surface area (Å²) >= 11 is 0. The number of nitrogens with zero attached hydrogens (tertiary/aromatic N) is 8. The first-order valence-corrected chi connectivity index (χ1v) is 11.6. The number of aromatic nitrogens is 7. The number of aromatic amines is 2. The molecule has 0 atom stereocenters. The molecule has 0 aliphatic carbocycles. The Morgan fingerprint density at radius 3 is 2.00 bits per heavy atom. The van der Waals surface area contributed by atoms with Gasteiger partial charge in [0, 0.05) is 28.9 Å². The molecule has 5 rings (SSSR count). The number of imidazole rings is 2. The molecule has 12 nitrogen and oxygen atoms in total. The lowest BCUT2D eigenvalue weighted by molar-refractivity contribution is 0.649. The molecule has 14 heteroatoms. The van der Waals surface area contributed by atoms with E-state index in [9.17, 15) is 0 Å². The lowest BCUT2D eigenvalue weighted by Crippen LogP contribution is -1.99. The van der Waals surface area contributed by atoms with E-state index in [1.165, 1.54) is 5.56 Å². The SMILES string of the molecule is C#CCc1cnc(N)[nH]1.Cl.Cl.Nc1ncc(Cc2cn(Cc3ccccc3)nn2)[nH]1.[N-]=[N+]=NCc1ccccc1. The van der Waals surface area contributed by atoms with Gasteiger partial charge in [-0.05, 0) is 16.7 Å². The van der Waals surface area contributed by atoms with Crippen molar-refractivity contribution < 1.29 is 0 Å². The Morgan fingerprint density at radius 2 is 1.48 bits per heavy atom. The maximum atomic E-state index is 7.99. The Morgan fingerprint density at radius 1 is 0.900 bits per heavy atom. The third-order valence-electron chi connectivity index (χ3n) is 4.89. The predicted molar refractivity (Wildman–Crippen MR) is 161 cm³/mol.